The highest BCUT2D eigenvalue weighted by Crippen LogP contribution is 2.16. The van der Waals surface area contributed by atoms with E-state index in [9.17, 15) is 9.59 Å². The van der Waals surface area contributed by atoms with Crippen molar-refractivity contribution in [2.75, 3.05) is 19.8 Å². The Hall–Kier alpha value is -1.88. The summed E-state index contributed by atoms with van der Waals surface area (Å²) in [5.41, 5.74) is 0. The minimum absolute atomic E-state index is 0.0768. The average molecular weight is 900 g/mol. The predicted octanol–water partition coefficient (Wildman–Crippen LogP) is 19.4. The van der Waals surface area contributed by atoms with Gasteiger partial charge in [-0.3, -0.25) is 9.59 Å². The molecule has 0 saturated carbocycles. The third kappa shape index (κ3) is 52.7. The second kappa shape index (κ2) is 55.4. The van der Waals surface area contributed by atoms with Crippen LogP contribution in [0, 0.1) is 0 Å². The molecular formula is C59H110O5. The molecule has 0 heterocycles. The number of hydrogen-bond acceptors (Lipinski definition) is 5. The van der Waals surface area contributed by atoms with Crippen LogP contribution >= 0.6 is 0 Å². The molecule has 0 spiro atoms. The standard InChI is InChI=1S/C59H110O5/c1-4-7-10-13-16-19-22-25-28-30-32-34-37-40-43-46-49-52-58(60)63-56-57(55-62-54-51-48-45-42-39-36-33-29-26-23-20-17-14-11-8-5-2)64-59(61)53-50-47-44-41-38-35-31-27-24-21-18-15-12-9-6-3/h18,21,27,31,38,41,57H,4-17,19-20,22-26,28-30,32-37,39-40,42-56H2,1-3H3/b21-18-,31-27-,41-38-/t57-/m1/s1. The van der Waals surface area contributed by atoms with Crippen LogP contribution in [-0.2, 0) is 23.8 Å². The Morgan fingerprint density at radius 1 is 0.344 bits per heavy atom. The molecule has 0 radical (unpaired) electrons. The number of unbranched alkanes of at least 4 members (excludes halogenated alkanes) is 36. The van der Waals surface area contributed by atoms with Crippen LogP contribution < -0.4 is 0 Å². The largest absolute Gasteiger partial charge is 0.462 e. The molecule has 0 aliphatic heterocycles. The summed E-state index contributed by atoms with van der Waals surface area (Å²) < 4.78 is 17.4. The van der Waals surface area contributed by atoms with Gasteiger partial charge in [0.2, 0.25) is 0 Å². The van der Waals surface area contributed by atoms with E-state index in [4.69, 9.17) is 14.2 Å². The third-order valence-electron chi connectivity index (χ3n) is 12.7. The third-order valence-corrected chi connectivity index (χ3v) is 12.7. The predicted molar refractivity (Wildman–Crippen MR) is 279 cm³/mol. The van der Waals surface area contributed by atoms with Gasteiger partial charge >= 0.3 is 11.9 Å². The highest BCUT2D eigenvalue weighted by Gasteiger charge is 2.17. The molecule has 0 bridgehead atoms. The summed E-state index contributed by atoms with van der Waals surface area (Å²) >= 11 is 0. The van der Waals surface area contributed by atoms with Gasteiger partial charge in [-0.2, -0.15) is 0 Å². The van der Waals surface area contributed by atoms with Crippen molar-refractivity contribution in [3.63, 3.8) is 0 Å². The maximum absolute atomic E-state index is 12.8. The molecule has 0 aliphatic carbocycles. The van der Waals surface area contributed by atoms with E-state index in [0.717, 1.165) is 57.8 Å². The van der Waals surface area contributed by atoms with Gasteiger partial charge in [-0.25, -0.2) is 0 Å². The molecule has 0 saturated heterocycles. The molecule has 0 aliphatic rings. The van der Waals surface area contributed by atoms with Crippen molar-refractivity contribution in [2.24, 2.45) is 0 Å². The molecule has 0 aromatic rings. The number of rotatable bonds is 53. The van der Waals surface area contributed by atoms with Crippen LogP contribution in [0.15, 0.2) is 36.5 Å². The van der Waals surface area contributed by atoms with E-state index in [1.165, 1.54) is 212 Å². The van der Waals surface area contributed by atoms with Gasteiger partial charge in [0.05, 0.1) is 6.61 Å². The minimum Gasteiger partial charge on any atom is -0.462 e. The van der Waals surface area contributed by atoms with Crippen molar-refractivity contribution in [1.82, 2.24) is 0 Å². The molecule has 5 heteroatoms. The fraction of sp³-hybridized carbons (Fsp3) is 0.864. The first kappa shape index (κ1) is 62.1. The topological polar surface area (TPSA) is 61.8 Å². The van der Waals surface area contributed by atoms with Crippen LogP contribution in [-0.4, -0.2) is 37.9 Å². The van der Waals surface area contributed by atoms with Gasteiger partial charge in [-0.05, 0) is 57.8 Å². The molecule has 0 rings (SSSR count). The molecule has 0 unspecified atom stereocenters. The van der Waals surface area contributed by atoms with Crippen molar-refractivity contribution in [3.05, 3.63) is 36.5 Å². The molecule has 0 aromatic carbocycles. The molecule has 1 atom stereocenters. The van der Waals surface area contributed by atoms with Gasteiger partial charge in [0.25, 0.3) is 0 Å². The molecular weight excluding hydrogens is 789 g/mol. The van der Waals surface area contributed by atoms with Gasteiger partial charge in [-0.1, -0.05) is 269 Å². The fourth-order valence-electron chi connectivity index (χ4n) is 8.40. The van der Waals surface area contributed by atoms with Crippen LogP contribution in [0.4, 0.5) is 0 Å². The number of carbonyl (C=O) groups is 2. The second-order valence-corrected chi connectivity index (χ2v) is 19.2. The number of esters is 2. The molecule has 0 N–H and O–H groups in total. The summed E-state index contributed by atoms with van der Waals surface area (Å²) in [6.45, 7) is 7.82. The normalized spacial score (nSPS) is 12.4. The van der Waals surface area contributed by atoms with E-state index in [0.29, 0.717) is 19.4 Å². The number of hydrogen-bond donors (Lipinski definition) is 0. The Bertz CT molecular complexity index is 1020. The summed E-state index contributed by atoms with van der Waals surface area (Å²) in [5.74, 6) is -0.421. The van der Waals surface area contributed by atoms with Gasteiger partial charge in [-0.15, -0.1) is 0 Å². The monoisotopic (exact) mass is 899 g/mol. The van der Waals surface area contributed by atoms with E-state index < -0.39 is 6.10 Å². The smallest absolute Gasteiger partial charge is 0.306 e. The van der Waals surface area contributed by atoms with Crippen molar-refractivity contribution in [2.45, 2.75) is 309 Å². The van der Waals surface area contributed by atoms with E-state index in [-0.39, 0.29) is 25.2 Å². The molecule has 64 heavy (non-hydrogen) atoms. The highest BCUT2D eigenvalue weighted by molar-refractivity contribution is 5.70. The zero-order chi connectivity index (χ0) is 46.3. The first-order valence-electron chi connectivity index (χ1n) is 28.5. The zero-order valence-electron chi connectivity index (χ0n) is 43.3. The Kier molecular flexibility index (Phi) is 53.8. The lowest BCUT2D eigenvalue weighted by atomic mass is 10.0. The first-order valence-corrected chi connectivity index (χ1v) is 28.5. The van der Waals surface area contributed by atoms with E-state index in [2.05, 4.69) is 57.2 Å². The SMILES string of the molecule is CCCCC/C=C\C/C=C\C/C=C\CCCCC(=O)O[C@H](COCCCCCCCCCCCCCCCCCC)COC(=O)CCCCCCCCCCCCCCCCCCC. The van der Waals surface area contributed by atoms with Crippen molar-refractivity contribution >= 4 is 11.9 Å². The zero-order valence-corrected chi connectivity index (χ0v) is 43.3. The van der Waals surface area contributed by atoms with Crippen LogP contribution in [0.1, 0.15) is 303 Å². The second-order valence-electron chi connectivity index (χ2n) is 19.2. The Labute approximate surface area is 400 Å². The molecule has 0 fully saturated rings. The Morgan fingerprint density at radius 2 is 0.656 bits per heavy atom. The minimum atomic E-state index is -0.550. The lowest BCUT2D eigenvalue weighted by molar-refractivity contribution is -0.163. The molecule has 0 aromatic heterocycles. The maximum Gasteiger partial charge on any atom is 0.306 e. The van der Waals surface area contributed by atoms with Crippen molar-refractivity contribution in [1.29, 1.82) is 0 Å². The highest BCUT2D eigenvalue weighted by atomic mass is 16.6. The maximum atomic E-state index is 12.8. The summed E-state index contributed by atoms with van der Waals surface area (Å²) in [6.07, 6.45) is 67.4. The van der Waals surface area contributed by atoms with Crippen molar-refractivity contribution in [3.8, 4) is 0 Å². The summed E-state index contributed by atoms with van der Waals surface area (Å²) in [7, 11) is 0. The lowest BCUT2D eigenvalue weighted by Gasteiger charge is -2.18. The first-order chi connectivity index (χ1) is 31.6. The van der Waals surface area contributed by atoms with Crippen LogP contribution in [0.25, 0.3) is 0 Å². The average Bonchev–Trinajstić information content (AvgIpc) is 3.30. The number of ether oxygens (including phenoxy) is 3. The summed E-state index contributed by atoms with van der Waals surface area (Å²) in [4.78, 5) is 25.5. The van der Waals surface area contributed by atoms with Crippen LogP contribution in [0.2, 0.25) is 0 Å². The van der Waals surface area contributed by atoms with E-state index in [1.54, 1.807) is 0 Å². The molecule has 5 nitrogen and oxygen atoms in total. The summed E-state index contributed by atoms with van der Waals surface area (Å²) in [6, 6.07) is 0. The number of allylic oxidation sites excluding steroid dienone is 6. The quantitative estimate of drug-likeness (QED) is 0.0346. The van der Waals surface area contributed by atoms with Gasteiger partial charge in [0.15, 0.2) is 6.10 Å². The van der Waals surface area contributed by atoms with E-state index >= 15 is 0 Å². The van der Waals surface area contributed by atoms with Crippen molar-refractivity contribution < 1.29 is 23.8 Å². The Morgan fingerprint density at radius 3 is 1.08 bits per heavy atom. The molecule has 0 amide bonds. The number of carbonyl (C=O) groups excluding carboxylic acids is 2. The van der Waals surface area contributed by atoms with Gasteiger partial charge in [0, 0.05) is 19.4 Å². The molecule has 376 valence electrons. The van der Waals surface area contributed by atoms with E-state index in [1.807, 2.05) is 0 Å². The van der Waals surface area contributed by atoms with Gasteiger partial charge < -0.3 is 14.2 Å². The van der Waals surface area contributed by atoms with Gasteiger partial charge in [0.1, 0.15) is 6.61 Å². The summed E-state index contributed by atoms with van der Waals surface area (Å²) in [5, 5.41) is 0. The fourth-order valence-corrected chi connectivity index (χ4v) is 8.40. The van der Waals surface area contributed by atoms with Crippen LogP contribution in [0.5, 0.6) is 0 Å². The Balaban J connectivity index is 4.27. The lowest BCUT2D eigenvalue weighted by Crippen LogP contribution is -2.30. The van der Waals surface area contributed by atoms with Crippen LogP contribution in [0.3, 0.4) is 0 Å².